The van der Waals surface area contributed by atoms with Gasteiger partial charge >= 0.3 is 6.18 Å². The van der Waals surface area contributed by atoms with Gasteiger partial charge in [0.05, 0.1) is 24.8 Å². The molecule has 2 heterocycles. The summed E-state index contributed by atoms with van der Waals surface area (Å²) in [5, 5.41) is 10.0. The van der Waals surface area contributed by atoms with E-state index in [0.717, 1.165) is 18.9 Å². The molecule has 40 heavy (non-hydrogen) atoms. The minimum atomic E-state index is -4.43. The van der Waals surface area contributed by atoms with E-state index in [1.807, 2.05) is 0 Å². The number of imidazole rings is 1. The predicted molar refractivity (Wildman–Crippen MR) is 136 cm³/mol. The molecule has 0 aliphatic heterocycles. The Morgan fingerprint density at radius 1 is 1.12 bits per heavy atom. The van der Waals surface area contributed by atoms with E-state index in [1.54, 1.807) is 25.1 Å². The molecule has 0 spiro atoms. The van der Waals surface area contributed by atoms with Crippen LogP contribution in [-0.2, 0) is 0 Å². The van der Waals surface area contributed by atoms with Crippen LogP contribution in [0.25, 0.3) is 16.8 Å². The molecular formula is C27H24F5N5O3. The Balaban J connectivity index is 1.64. The standard InChI is InChI=1S/C27H24F5N5O3/c1-14-13-15(3-6-17(14)25(38)35-16-4-5-16)20-23(33-10-9-27(30,31)32)24-34-11-12-37(24)36-26(20)40-19-8-7-18(39-2)21(28)22(19)29/h3,6-8,11-13,16,33H,4-5,9-10H2,1-2H3,(H,35,38). The van der Waals surface area contributed by atoms with Crippen molar-refractivity contribution in [2.75, 3.05) is 19.0 Å². The average Bonchev–Trinajstić information content (AvgIpc) is 3.58. The number of carbonyl (C=O) groups excluding carboxylic acids is 1. The third kappa shape index (κ3) is 5.63. The Hall–Kier alpha value is -4.42. The molecule has 0 bridgehead atoms. The molecule has 2 aromatic carbocycles. The summed E-state index contributed by atoms with van der Waals surface area (Å²) >= 11 is 0. The first kappa shape index (κ1) is 27.2. The summed E-state index contributed by atoms with van der Waals surface area (Å²) in [5.41, 5.74) is 1.85. The molecule has 1 amide bonds. The van der Waals surface area contributed by atoms with Gasteiger partial charge in [-0.1, -0.05) is 12.1 Å². The van der Waals surface area contributed by atoms with Crippen molar-refractivity contribution in [2.45, 2.75) is 38.4 Å². The number of ether oxygens (including phenoxy) is 2. The lowest BCUT2D eigenvalue weighted by Crippen LogP contribution is -2.26. The first-order chi connectivity index (χ1) is 19.1. The highest BCUT2D eigenvalue weighted by atomic mass is 19.4. The van der Waals surface area contributed by atoms with Gasteiger partial charge in [0.25, 0.3) is 5.91 Å². The Labute approximate surface area is 225 Å². The summed E-state index contributed by atoms with van der Waals surface area (Å²) in [6.07, 6.45) is -0.931. The van der Waals surface area contributed by atoms with Crippen molar-refractivity contribution in [1.29, 1.82) is 0 Å². The maximum atomic E-state index is 14.9. The average molecular weight is 562 g/mol. The third-order valence-electron chi connectivity index (χ3n) is 6.33. The molecule has 8 nitrogen and oxygen atoms in total. The number of amides is 1. The molecule has 0 radical (unpaired) electrons. The third-order valence-corrected chi connectivity index (χ3v) is 6.33. The maximum Gasteiger partial charge on any atom is 0.390 e. The van der Waals surface area contributed by atoms with Crippen molar-refractivity contribution >= 4 is 17.2 Å². The van der Waals surface area contributed by atoms with Gasteiger partial charge in [-0.3, -0.25) is 4.79 Å². The first-order valence-corrected chi connectivity index (χ1v) is 12.4. The molecule has 1 fully saturated rings. The SMILES string of the molecule is COc1ccc(Oc2nn3ccnc3c(NCCC(F)(F)F)c2-c2ccc(C(=O)NC3CC3)c(C)c2)c(F)c1F. The highest BCUT2D eigenvalue weighted by Gasteiger charge is 2.29. The van der Waals surface area contributed by atoms with Gasteiger partial charge < -0.3 is 20.1 Å². The van der Waals surface area contributed by atoms with Crippen LogP contribution in [-0.4, -0.2) is 46.4 Å². The summed E-state index contributed by atoms with van der Waals surface area (Å²) in [4.78, 5) is 16.9. The van der Waals surface area contributed by atoms with E-state index in [1.165, 1.54) is 30.1 Å². The number of benzene rings is 2. The van der Waals surface area contributed by atoms with Crippen molar-refractivity contribution in [3.8, 4) is 28.5 Å². The first-order valence-electron chi connectivity index (χ1n) is 12.4. The van der Waals surface area contributed by atoms with Gasteiger partial charge in [-0.15, -0.1) is 5.10 Å². The van der Waals surface area contributed by atoms with Crippen LogP contribution in [0.1, 0.15) is 35.2 Å². The van der Waals surface area contributed by atoms with Crippen LogP contribution in [0.15, 0.2) is 42.7 Å². The van der Waals surface area contributed by atoms with Gasteiger partial charge in [-0.05, 0) is 49.1 Å². The number of fused-ring (bicyclic) bond motifs is 1. The van der Waals surface area contributed by atoms with E-state index < -0.39 is 36.5 Å². The van der Waals surface area contributed by atoms with Gasteiger partial charge in [0.1, 0.15) is 0 Å². The molecule has 1 saturated carbocycles. The van der Waals surface area contributed by atoms with Gasteiger partial charge in [0.2, 0.25) is 17.5 Å². The van der Waals surface area contributed by atoms with Crippen molar-refractivity contribution in [3.05, 3.63) is 65.5 Å². The maximum absolute atomic E-state index is 14.9. The number of nitrogens with zero attached hydrogens (tertiary/aromatic N) is 3. The van der Waals surface area contributed by atoms with Crippen LogP contribution in [0.4, 0.5) is 27.6 Å². The van der Waals surface area contributed by atoms with E-state index in [-0.39, 0.29) is 40.5 Å². The van der Waals surface area contributed by atoms with Gasteiger partial charge in [0.15, 0.2) is 17.1 Å². The molecule has 1 aliphatic rings. The molecule has 2 aromatic heterocycles. The Kier molecular flexibility index (Phi) is 7.21. The summed E-state index contributed by atoms with van der Waals surface area (Å²) < 4.78 is 80.1. The van der Waals surface area contributed by atoms with Gasteiger partial charge in [-0.25, -0.2) is 9.50 Å². The molecule has 0 saturated heterocycles. The quantitative estimate of drug-likeness (QED) is 0.242. The highest BCUT2D eigenvalue weighted by molar-refractivity contribution is 5.97. The summed E-state index contributed by atoms with van der Waals surface area (Å²) in [6.45, 7) is 1.21. The number of hydrogen-bond donors (Lipinski definition) is 2. The molecule has 0 unspecified atom stereocenters. The normalized spacial score (nSPS) is 13.4. The van der Waals surface area contributed by atoms with Crippen LogP contribution in [0.3, 0.4) is 0 Å². The zero-order valence-corrected chi connectivity index (χ0v) is 21.4. The van der Waals surface area contributed by atoms with Gasteiger partial charge in [-0.2, -0.15) is 22.0 Å². The van der Waals surface area contributed by atoms with E-state index in [0.29, 0.717) is 16.7 Å². The van der Waals surface area contributed by atoms with Crippen LogP contribution >= 0.6 is 0 Å². The zero-order valence-electron chi connectivity index (χ0n) is 21.4. The lowest BCUT2D eigenvalue weighted by atomic mass is 9.99. The molecular weight excluding hydrogens is 537 g/mol. The summed E-state index contributed by atoms with van der Waals surface area (Å²) in [6, 6.07) is 7.26. The number of carbonyl (C=O) groups is 1. The number of methoxy groups -OCH3 is 1. The van der Waals surface area contributed by atoms with E-state index in [9.17, 15) is 26.7 Å². The Morgan fingerprint density at radius 2 is 1.85 bits per heavy atom. The fraction of sp³-hybridized carbons (Fsp3) is 0.296. The molecule has 5 rings (SSSR count). The van der Waals surface area contributed by atoms with Crippen LogP contribution < -0.4 is 20.1 Å². The van der Waals surface area contributed by atoms with Crippen molar-refractivity contribution in [2.24, 2.45) is 0 Å². The van der Waals surface area contributed by atoms with Crippen LogP contribution in [0.2, 0.25) is 0 Å². The van der Waals surface area contributed by atoms with Gasteiger partial charge in [0, 0.05) is 30.5 Å². The minimum absolute atomic E-state index is 0.128. The van der Waals surface area contributed by atoms with Crippen LogP contribution in [0.5, 0.6) is 17.4 Å². The Morgan fingerprint density at radius 3 is 2.52 bits per heavy atom. The molecule has 4 aromatic rings. The summed E-state index contributed by atoms with van der Waals surface area (Å²) in [7, 11) is 1.18. The fourth-order valence-electron chi connectivity index (χ4n) is 4.18. The molecule has 0 atom stereocenters. The molecule has 13 heteroatoms. The number of nitrogens with one attached hydrogen (secondary N) is 2. The van der Waals surface area contributed by atoms with E-state index >= 15 is 0 Å². The fourth-order valence-corrected chi connectivity index (χ4v) is 4.18. The largest absolute Gasteiger partial charge is 0.494 e. The zero-order chi connectivity index (χ0) is 28.6. The second-order valence-corrected chi connectivity index (χ2v) is 9.32. The number of anilines is 1. The minimum Gasteiger partial charge on any atom is -0.494 e. The smallest absolute Gasteiger partial charge is 0.390 e. The highest BCUT2D eigenvalue weighted by Crippen LogP contribution is 2.41. The molecule has 2 N–H and O–H groups in total. The monoisotopic (exact) mass is 561 g/mol. The van der Waals surface area contributed by atoms with Crippen molar-refractivity contribution in [1.82, 2.24) is 19.9 Å². The Bertz CT molecular complexity index is 1580. The number of rotatable bonds is 9. The predicted octanol–water partition coefficient (Wildman–Crippen LogP) is 6.04. The second-order valence-electron chi connectivity index (χ2n) is 9.32. The van der Waals surface area contributed by atoms with Crippen molar-refractivity contribution in [3.63, 3.8) is 0 Å². The van der Waals surface area contributed by atoms with Crippen LogP contribution in [0, 0.1) is 18.6 Å². The second kappa shape index (κ2) is 10.6. The van der Waals surface area contributed by atoms with E-state index in [2.05, 4.69) is 20.7 Å². The lowest BCUT2D eigenvalue weighted by Gasteiger charge is -2.19. The number of hydrogen-bond acceptors (Lipinski definition) is 6. The lowest BCUT2D eigenvalue weighted by molar-refractivity contribution is -0.131. The number of aromatic nitrogens is 3. The molecule has 1 aliphatic carbocycles. The van der Waals surface area contributed by atoms with Crippen molar-refractivity contribution < 1.29 is 36.2 Å². The van der Waals surface area contributed by atoms with E-state index in [4.69, 9.17) is 9.47 Å². The number of alkyl halides is 3. The summed E-state index contributed by atoms with van der Waals surface area (Å²) in [5.74, 6) is -3.97. The topological polar surface area (TPSA) is 89.8 Å². The number of aryl methyl sites for hydroxylation is 1. The number of halogens is 5. The molecule has 210 valence electrons.